The Morgan fingerprint density at radius 1 is 1.35 bits per heavy atom. The standard InChI is InChI=1S/C13H20ClFN2/c1-9(17(3)4)8-16-10(2)11-5-6-12(14)13(15)7-11/h5-7,9-10,16H,8H2,1-4H3. The molecular formula is C13H20ClFN2. The molecule has 0 saturated heterocycles. The Morgan fingerprint density at radius 2 is 2.00 bits per heavy atom. The molecule has 2 nitrogen and oxygen atoms in total. The van der Waals surface area contributed by atoms with Gasteiger partial charge in [-0.25, -0.2) is 4.39 Å². The minimum Gasteiger partial charge on any atom is -0.309 e. The summed E-state index contributed by atoms with van der Waals surface area (Å²) in [6.45, 7) is 5.02. The third kappa shape index (κ3) is 4.26. The lowest BCUT2D eigenvalue weighted by Gasteiger charge is -2.23. The Kier molecular flexibility index (Phi) is 5.37. The number of nitrogens with one attached hydrogen (secondary N) is 1. The van der Waals surface area contributed by atoms with Crippen LogP contribution in [0, 0.1) is 5.82 Å². The van der Waals surface area contributed by atoms with Gasteiger partial charge in [-0.05, 0) is 45.6 Å². The fourth-order valence-corrected chi connectivity index (χ4v) is 1.55. The Labute approximate surface area is 108 Å². The van der Waals surface area contributed by atoms with Crippen molar-refractivity contribution in [3.8, 4) is 0 Å². The Balaban J connectivity index is 2.58. The van der Waals surface area contributed by atoms with Crippen molar-refractivity contribution < 1.29 is 4.39 Å². The lowest BCUT2D eigenvalue weighted by atomic mass is 10.1. The fraction of sp³-hybridized carbons (Fsp3) is 0.538. The first-order valence-electron chi connectivity index (χ1n) is 5.76. The highest BCUT2D eigenvalue weighted by Crippen LogP contribution is 2.19. The molecule has 96 valence electrons. The van der Waals surface area contributed by atoms with Gasteiger partial charge in [-0.2, -0.15) is 0 Å². The highest BCUT2D eigenvalue weighted by atomic mass is 35.5. The fourth-order valence-electron chi connectivity index (χ4n) is 1.43. The lowest BCUT2D eigenvalue weighted by molar-refractivity contribution is 0.295. The van der Waals surface area contributed by atoms with Crippen LogP contribution in [0.25, 0.3) is 0 Å². The Morgan fingerprint density at radius 3 is 2.53 bits per heavy atom. The number of rotatable bonds is 5. The number of likely N-dealkylation sites (N-methyl/N-ethyl adjacent to an activating group) is 1. The molecule has 0 aliphatic carbocycles. The molecule has 0 bridgehead atoms. The van der Waals surface area contributed by atoms with Gasteiger partial charge in [-0.1, -0.05) is 17.7 Å². The normalized spacial score (nSPS) is 15.0. The molecule has 2 atom stereocenters. The van der Waals surface area contributed by atoms with Gasteiger partial charge in [-0.3, -0.25) is 0 Å². The monoisotopic (exact) mass is 258 g/mol. The van der Waals surface area contributed by atoms with Crippen molar-refractivity contribution >= 4 is 11.6 Å². The van der Waals surface area contributed by atoms with Gasteiger partial charge in [0.05, 0.1) is 5.02 Å². The largest absolute Gasteiger partial charge is 0.309 e. The molecular weight excluding hydrogens is 239 g/mol. The molecule has 1 aromatic rings. The maximum Gasteiger partial charge on any atom is 0.142 e. The maximum atomic E-state index is 13.3. The molecule has 0 fully saturated rings. The highest BCUT2D eigenvalue weighted by molar-refractivity contribution is 6.30. The van der Waals surface area contributed by atoms with Gasteiger partial charge < -0.3 is 10.2 Å². The molecule has 1 N–H and O–H groups in total. The van der Waals surface area contributed by atoms with E-state index in [-0.39, 0.29) is 16.9 Å². The third-order valence-corrected chi connectivity index (χ3v) is 3.35. The number of hydrogen-bond acceptors (Lipinski definition) is 2. The van der Waals surface area contributed by atoms with E-state index in [0.717, 1.165) is 12.1 Å². The van der Waals surface area contributed by atoms with Crippen LogP contribution < -0.4 is 5.32 Å². The van der Waals surface area contributed by atoms with Crippen LogP contribution >= 0.6 is 11.6 Å². The number of hydrogen-bond donors (Lipinski definition) is 1. The van der Waals surface area contributed by atoms with Crippen LogP contribution in [0.3, 0.4) is 0 Å². The van der Waals surface area contributed by atoms with Gasteiger partial charge in [0.2, 0.25) is 0 Å². The van der Waals surface area contributed by atoms with E-state index in [4.69, 9.17) is 11.6 Å². The molecule has 0 spiro atoms. The zero-order chi connectivity index (χ0) is 13.0. The molecule has 0 amide bonds. The predicted molar refractivity (Wildman–Crippen MR) is 71.0 cm³/mol. The third-order valence-electron chi connectivity index (χ3n) is 3.04. The second-order valence-corrected chi connectivity index (χ2v) is 5.02. The molecule has 17 heavy (non-hydrogen) atoms. The summed E-state index contributed by atoms with van der Waals surface area (Å²) in [7, 11) is 4.08. The molecule has 1 aromatic carbocycles. The van der Waals surface area contributed by atoms with Crippen molar-refractivity contribution in [2.75, 3.05) is 20.6 Å². The molecule has 0 radical (unpaired) electrons. The molecule has 0 saturated carbocycles. The van der Waals surface area contributed by atoms with Crippen LogP contribution in [-0.2, 0) is 0 Å². The molecule has 0 aromatic heterocycles. The molecule has 0 heterocycles. The molecule has 2 unspecified atom stereocenters. The zero-order valence-electron chi connectivity index (χ0n) is 10.8. The summed E-state index contributed by atoms with van der Waals surface area (Å²) in [6.07, 6.45) is 0. The number of halogens is 2. The van der Waals surface area contributed by atoms with Gasteiger partial charge in [0.1, 0.15) is 5.82 Å². The number of benzene rings is 1. The van der Waals surface area contributed by atoms with E-state index in [1.165, 1.54) is 6.07 Å². The summed E-state index contributed by atoms with van der Waals surface area (Å²) in [5, 5.41) is 3.54. The summed E-state index contributed by atoms with van der Waals surface area (Å²) < 4.78 is 13.3. The van der Waals surface area contributed by atoms with Crippen molar-refractivity contribution in [1.82, 2.24) is 10.2 Å². The van der Waals surface area contributed by atoms with Crippen molar-refractivity contribution in [2.24, 2.45) is 0 Å². The van der Waals surface area contributed by atoms with Gasteiger partial charge in [0, 0.05) is 18.6 Å². The molecule has 4 heteroatoms. The van der Waals surface area contributed by atoms with Crippen LogP contribution in [0.1, 0.15) is 25.5 Å². The summed E-state index contributed by atoms with van der Waals surface area (Å²) in [6, 6.07) is 5.49. The number of nitrogens with zero attached hydrogens (tertiary/aromatic N) is 1. The zero-order valence-corrected chi connectivity index (χ0v) is 11.6. The van der Waals surface area contributed by atoms with Crippen molar-refractivity contribution in [1.29, 1.82) is 0 Å². The summed E-state index contributed by atoms with van der Waals surface area (Å²) in [4.78, 5) is 2.14. The SMILES string of the molecule is CC(NCC(C)N(C)C)c1ccc(Cl)c(F)c1. The Hall–Kier alpha value is -0.640. The van der Waals surface area contributed by atoms with Gasteiger partial charge in [0.15, 0.2) is 0 Å². The van der Waals surface area contributed by atoms with E-state index in [0.29, 0.717) is 6.04 Å². The minimum absolute atomic E-state index is 0.115. The lowest BCUT2D eigenvalue weighted by Crippen LogP contribution is -2.36. The van der Waals surface area contributed by atoms with Crippen molar-refractivity contribution in [3.05, 3.63) is 34.6 Å². The average Bonchev–Trinajstić information content (AvgIpc) is 2.28. The molecule has 0 aliphatic heterocycles. The van der Waals surface area contributed by atoms with Crippen LogP contribution in [0.2, 0.25) is 5.02 Å². The van der Waals surface area contributed by atoms with Crippen molar-refractivity contribution in [3.63, 3.8) is 0 Å². The quantitative estimate of drug-likeness (QED) is 0.873. The first-order valence-corrected chi connectivity index (χ1v) is 6.14. The highest BCUT2D eigenvalue weighted by Gasteiger charge is 2.10. The molecule has 0 aliphatic rings. The van der Waals surface area contributed by atoms with Crippen LogP contribution in [0.15, 0.2) is 18.2 Å². The summed E-state index contributed by atoms with van der Waals surface area (Å²) >= 11 is 5.65. The van der Waals surface area contributed by atoms with E-state index in [2.05, 4.69) is 17.1 Å². The first kappa shape index (κ1) is 14.4. The minimum atomic E-state index is -0.363. The van der Waals surface area contributed by atoms with Gasteiger partial charge >= 0.3 is 0 Å². The second-order valence-electron chi connectivity index (χ2n) is 4.62. The molecule has 1 rings (SSSR count). The van der Waals surface area contributed by atoms with E-state index in [1.54, 1.807) is 6.07 Å². The summed E-state index contributed by atoms with van der Waals surface area (Å²) in [5.74, 6) is -0.363. The Bertz CT molecular complexity index is 368. The first-order chi connectivity index (χ1) is 7.91. The van der Waals surface area contributed by atoms with E-state index in [9.17, 15) is 4.39 Å². The van der Waals surface area contributed by atoms with E-state index in [1.807, 2.05) is 27.1 Å². The smallest absolute Gasteiger partial charge is 0.142 e. The van der Waals surface area contributed by atoms with Crippen LogP contribution in [0.5, 0.6) is 0 Å². The summed E-state index contributed by atoms with van der Waals surface area (Å²) in [5.41, 5.74) is 0.915. The maximum absolute atomic E-state index is 13.3. The topological polar surface area (TPSA) is 15.3 Å². The van der Waals surface area contributed by atoms with Crippen molar-refractivity contribution in [2.45, 2.75) is 25.9 Å². The van der Waals surface area contributed by atoms with E-state index < -0.39 is 0 Å². The predicted octanol–water partition coefficient (Wildman–Crippen LogP) is 3.08. The van der Waals surface area contributed by atoms with Gasteiger partial charge in [0.25, 0.3) is 0 Å². The second kappa shape index (κ2) is 6.34. The van der Waals surface area contributed by atoms with Crippen LogP contribution in [0.4, 0.5) is 4.39 Å². The van der Waals surface area contributed by atoms with Gasteiger partial charge in [-0.15, -0.1) is 0 Å². The van der Waals surface area contributed by atoms with E-state index >= 15 is 0 Å². The average molecular weight is 259 g/mol. The van der Waals surface area contributed by atoms with Crippen LogP contribution in [-0.4, -0.2) is 31.6 Å².